The van der Waals surface area contributed by atoms with E-state index in [0.29, 0.717) is 11.2 Å². The minimum atomic E-state index is -1.30. The average Bonchev–Trinajstić information content (AvgIpc) is 2.80. The van der Waals surface area contributed by atoms with Crippen LogP contribution in [0.2, 0.25) is 5.15 Å². The van der Waals surface area contributed by atoms with Crippen molar-refractivity contribution in [3.63, 3.8) is 0 Å². The molecular formula is C11H12ClN3O4. The molecule has 2 unspecified atom stereocenters. The van der Waals surface area contributed by atoms with Crippen molar-refractivity contribution in [3.8, 4) is 0 Å². The predicted molar refractivity (Wildman–Crippen MR) is 65.6 cm³/mol. The smallest absolute Gasteiger partial charge is 0.308 e. The van der Waals surface area contributed by atoms with E-state index in [1.165, 1.54) is 17.8 Å². The van der Waals surface area contributed by atoms with Crippen LogP contribution in [-0.4, -0.2) is 44.0 Å². The van der Waals surface area contributed by atoms with Crippen LogP contribution in [0.25, 0.3) is 5.65 Å². The van der Waals surface area contributed by atoms with Gasteiger partial charge >= 0.3 is 5.97 Å². The van der Waals surface area contributed by atoms with E-state index in [2.05, 4.69) is 14.8 Å². The van der Waals surface area contributed by atoms with Gasteiger partial charge in [-0.25, -0.2) is 9.50 Å². The van der Waals surface area contributed by atoms with Gasteiger partial charge in [0.2, 0.25) is 0 Å². The summed E-state index contributed by atoms with van der Waals surface area (Å²) >= 11 is 5.77. The zero-order valence-electron chi connectivity index (χ0n) is 10.0. The molecule has 0 spiro atoms. The Hall–Kier alpha value is -1.70. The number of methoxy groups -OCH3 is 1. The van der Waals surface area contributed by atoms with Crippen LogP contribution in [-0.2, 0) is 9.53 Å². The molecule has 0 saturated heterocycles. The predicted octanol–water partition coefficient (Wildman–Crippen LogP) is 0.340. The summed E-state index contributed by atoms with van der Waals surface area (Å²) in [7, 11) is 1.21. The number of hydrogen-bond acceptors (Lipinski definition) is 6. The van der Waals surface area contributed by atoms with Crippen LogP contribution in [0.5, 0.6) is 0 Å². The van der Waals surface area contributed by atoms with Crippen LogP contribution in [0.3, 0.4) is 0 Å². The second-order valence-electron chi connectivity index (χ2n) is 3.91. The van der Waals surface area contributed by atoms with Crippen molar-refractivity contribution < 1.29 is 19.7 Å². The summed E-state index contributed by atoms with van der Waals surface area (Å²) in [5.74, 6) is -0.617. The molecule has 0 aliphatic carbocycles. The number of carbonyl (C=O) groups is 1. The highest BCUT2D eigenvalue weighted by atomic mass is 35.5. The zero-order valence-corrected chi connectivity index (χ0v) is 10.8. The first-order valence-electron chi connectivity index (χ1n) is 5.45. The maximum absolute atomic E-state index is 11.1. The number of fused-ring (bicyclic) bond motifs is 1. The summed E-state index contributed by atoms with van der Waals surface area (Å²) in [6.07, 6.45) is 0.0104. The first-order chi connectivity index (χ1) is 9.02. The van der Waals surface area contributed by atoms with Crippen molar-refractivity contribution in [1.82, 2.24) is 14.6 Å². The lowest BCUT2D eigenvalue weighted by Gasteiger charge is -2.15. The number of ether oxygens (including phenoxy) is 1. The number of halogens is 1. The van der Waals surface area contributed by atoms with Gasteiger partial charge in [-0.2, -0.15) is 5.10 Å². The Balaban J connectivity index is 2.28. The Morgan fingerprint density at radius 1 is 1.58 bits per heavy atom. The van der Waals surface area contributed by atoms with Crippen molar-refractivity contribution >= 4 is 23.2 Å². The summed E-state index contributed by atoms with van der Waals surface area (Å²) in [6.45, 7) is 0. The van der Waals surface area contributed by atoms with Crippen molar-refractivity contribution in [3.05, 3.63) is 29.2 Å². The lowest BCUT2D eigenvalue weighted by Crippen LogP contribution is -2.22. The Morgan fingerprint density at radius 2 is 2.32 bits per heavy atom. The Morgan fingerprint density at radius 3 is 3.00 bits per heavy atom. The minimum absolute atomic E-state index is 0.240. The van der Waals surface area contributed by atoms with Gasteiger partial charge in [0.15, 0.2) is 5.65 Å². The molecule has 0 aromatic carbocycles. The van der Waals surface area contributed by atoms with E-state index in [1.54, 1.807) is 12.3 Å². The highest BCUT2D eigenvalue weighted by Crippen LogP contribution is 2.23. The molecular weight excluding hydrogens is 274 g/mol. The standard InChI is InChI=1S/C11H12ClN3O4/c1-19-9(17)4-7(16)10(18)6-5-13-15-3-2-8(12)14-11(6)15/h2-3,5,7,10,16,18H,4H2,1H3. The third-order valence-corrected chi connectivity index (χ3v) is 2.86. The first-order valence-corrected chi connectivity index (χ1v) is 5.83. The summed E-state index contributed by atoms with van der Waals surface area (Å²) in [6, 6.07) is 1.54. The van der Waals surface area contributed by atoms with Gasteiger partial charge in [-0.15, -0.1) is 0 Å². The van der Waals surface area contributed by atoms with Crippen LogP contribution in [0.4, 0.5) is 0 Å². The molecule has 2 atom stereocenters. The van der Waals surface area contributed by atoms with Gasteiger partial charge in [0, 0.05) is 11.8 Å². The quantitative estimate of drug-likeness (QED) is 0.621. The number of carbonyl (C=O) groups excluding carboxylic acids is 1. The van der Waals surface area contributed by atoms with Crippen LogP contribution in [0, 0.1) is 0 Å². The van der Waals surface area contributed by atoms with E-state index in [4.69, 9.17) is 11.6 Å². The van der Waals surface area contributed by atoms with Crippen LogP contribution >= 0.6 is 11.6 Å². The number of aliphatic hydroxyl groups is 2. The molecule has 0 fully saturated rings. The summed E-state index contributed by atoms with van der Waals surface area (Å²) < 4.78 is 5.84. The second-order valence-corrected chi connectivity index (χ2v) is 4.30. The third-order valence-electron chi connectivity index (χ3n) is 2.65. The molecule has 0 aliphatic heterocycles. The van der Waals surface area contributed by atoms with Crippen molar-refractivity contribution in [2.45, 2.75) is 18.6 Å². The van der Waals surface area contributed by atoms with Gasteiger partial charge in [-0.05, 0) is 6.07 Å². The van der Waals surface area contributed by atoms with Crippen molar-refractivity contribution in [2.75, 3.05) is 7.11 Å². The third kappa shape index (κ3) is 2.83. The van der Waals surface area contributed by atoms with E-state index >= 15 is 0 Å². The fourth-order valence-electron chi connectivity index (χ4n) is 1.65. The van der Waals surface area contributed by atoms with Crippen molar-refractivity contribution in [1.29, 1.82) is 0 Å². The summed E-state index contributed by atoms with van der Waals surface area (Å²) in [4.78, 5) is 15.1. The maximum atomic E-state index is 11.1. The largest absolute Gasteiger partial charge is 0.469 e. The summed E-state index contributed by atoms with van der Waals surface area (Å²) in [5.41, 5.74) is 0.614. The molecule has 2 heterocycles. The highest BCUT2D eigenvalue weighted by molar-refractivity contribution is 6.29. The molecule has 19 heavy (non-hydrogen) atoms. The molecule has 0 aliphatic rings. The lowest BCUT2D eigenvalue weighted by atomic mass is 10.1. The molecule has 2 aromatic heterocycles. The number of esters is 1. The van der Waals surface area contributed by atoms with E-state index in [-0.39, 0.29) is 11.6 Å². The van der Waals surface area contributed by atoms with Crippen molar-refractivity contribution in [2.24, 2.45) is 0 Å². The normalized spacial score (nSPS) is 14.3. The van der Waals surface area contributed by atoms with Gasteiger partial charge < -0.3 is 14.9 Å². The van der Waals surface area contributed by atoms with Gasteiger partial charge in [0.05, 0.1) is 25.8 Å². The van der Waals surface area contributed by atoms with E-state index in [9.17, 15) is 15.0 Å². The SMILES string of the molecule is COC(=O)CC(O)C(O)c1cnn2ccc(Cl)nc12. The van der Waals surface area contributed by atoms with Gasteiger partial charge in [0.25, 0.3) is 0 Å². The van der Waals surface area contributed by atoms with Crippen LogP contribution in [0.15, 0.2) is 18.5 Å². The Labute approximate surface area is 113 Å². The van der Waals surface area contributed by atoms with E-state index in [0.717, 1.165) is 0 Å². The maximum Gasteiger partial charge on any atom is 0.308 e. The number of nitrogens with zero attached hydrogens (tertiary/aromatic N) is 3. The lowest BCUT2D eigenvalue weighted by molar-refractivity contribution is -0.144. The van der Waals surface area contributed by atoms with Gasteiger partial charge in [-0.3, -0.25) is 4.79 Å². The molecule has 2 aromatic rings. The molecule has 8 heteroatoms. The molecule has 0 bridgehead atoms. The molecule has 102 valence electrons. The fraction of sp³-hybridized carbons (Fsp3) is 0.364. The molecule has 0 radical (unpaired) electrons. The first kappa shape index (κ1) is 13.7. The van der Waals surface area contributed by atoms with E-state index in [1.807, 2.05) is 0 Å². The van der Waals surface area contributed by atoms with Gasteiger partial charge in [0.1, 0.15) is 11.3 Å². The monoisotopic (exact) mass is 285 g/mol. The number of rotatable bonds is 4. The number of aliphatic hydroxyl groups excluding tert-OH is 2. The second kappa shape index (κ2) is 5.52. The molecule has 7 nitrogen and oxygen atoms in total. The average molecular weight is 286 g/mol. The molecule has 2 rings (SSSR count). The highest BCUT2D eigenvalue weighted by Gasteiger charge is 2.25. The minimum Gasteiger partial charge on any atom is -0.469 e. The Kier molecular flexibility index (Phi) is 3.98. The topological polar surface area (TPSA) is 97.0 Å². The van der Waals surface area contributed by atoms with Gasteiger partial charge in [-0.1, -0.05) is 11.6 Å². The molecule has 0 amide bonds. The Bertz CT molecular complexity index is 601. The summed E-state index contributed by atoms with van der Waals surface area (Å²) in [5, 5.41) is 24.0. The molecule has 0 saturated carbocycles. The fourth-order valence-corrected chi connectivity index (χ4v) is 1.78. The number of hydrogen-bond donors (Lipinski definition) is 2. The van der Waals surface area contributed by atoms with Crippen LogP contribution in [0.1, 0.15) is 18.1 Å². The number of aromatic nitrogens is 3. The zero-order chi connectivity index (χ0) is 14.0. The van der Waals surface area contributed by atoms with Crippen LogP contribution < -0.4 is 0 Å². The molecule has 2 N–H and O–H groups in total. The van der Waals surface area contributed by atoms with E-state index < -0.39 is 18.2 Å².